The number of amides is 1. The Hall–Kier alpha value is -1.56. The van der Waals surface area contributed by atoms with Crippen molar-refractivity contribution in [1.29, 1.82) is 0 Å². The molecule has 0 saturated heterocycles. The van der Waals surface area contributed by atoms with E-state index in [0.29, 0.717) is 6.54 Å². The summed E-state index contributed by atoms with van der Waals surface area (Å²) in [6.45, 7) is 0.314. The number of rotatable bonds is 4. The van der Waals surface area contributed by atoms with Crippen molar-refractivity contribution in [3.63, 3.8) is 0 Å². The number of benzene rings is 1. The van der Waals surface area contributed by atoms with Gasteiger partial charge in [-0.1, -0.05) is 12.1 Å². The number of sulfone groups is 1. The summed E-state index contributed by atoms with van der Waals surface area (Å²) in [4.78, 5) is 12.9. The molecule has 0 aliphatic heterocycles. The predicted octanol–water partition coefficient (Wildman–Crippen LogP) is 0.395. The highest BCUT2D eigenvalue weighted by atomic mass is 32.2. The van der Waals surface area contributed by atoms with Gasteiger partial charge in [-0.2, -0.15) is 0 Å². The summed E-state index contributed by atoms with van der Waals surface area (Å²) in [6, 6.07) is 6.40. The largest absolute Gasteiger partial charge is 0.508 e. The summed E-state index contributed by atoms with van der Waals surface area (Å²) < 4.78 is 21.9. The summed E-state index contributed by atoms with van der Waals surface area (Å²) >= 11 is 0. The topological polar surface area (TPSA) is 74.7 Å². The molecule has 0 radical (unpaired) electrons. The highest BCUT2D eigenvalue weighted by Gasteiger charge is 2.15. The Labute approximate surface area is 101 Å². The van der Waals surface area contributed by atoms with Crippen LogP contribution >= 0.6 is 0 Å². The van der Waals surface area contributed by atoms with Crippen molar-refractivity contribution in [2.24, 2.45) is 0 Å². The van der Waals surface area contributed by atoms with E-state index in [9.17, 15) is 13.2 Å². The predicted molar refractivity (Wildman–Crippen MR) is 64.3 cm³/mol. The van der Waals surface area contributed by atoms with Crippen LogP contribution in [0.3, 0.4) is 0 Å². The van der Waals surface area contributed by atoms with Crippen LogP contribution in [0.15, 0.2) is 24.3 Å². The van der Waals surface area contributed by atoms with Crippen molar-refractivity contribution in [3.05, 3.63) is 29.8 Å². The Bertz CT molecular complexity index is 493. The number of carbonyl (C=O) groups excluding carboxylic acids is 1. The lowest BCUT2D eigenvalue weighted by atomic mass is 10.2. The Kier molecular flexibility index (Phi) is 4.11. The van der Waals surface area contributed by atoms with Gasteiger partial charge >= 0.3 is 0 Å². The van der Waals surface area contributed by atoms with Gasteiger partial charge in [0.05, 0.1) is 0 Å². The lowest BCUT2D eigenvalue weighted by Gasteiger charge is -2.16. The van der Waals surface area contributed by atoms with Crippen LogP contribution in [0.4, 0.5) is 0 Å². The Morgan fingerprint density at radius 1 is 1.29 bits per heavy atom. The van der Waals surface area contributed by atoms with E-state index in [2.05, 4.69) is 0 Å². The van der Waals surface area contributed by atoms with Gasteiger partial charge in [-0.3, -0.25) is 4.79 Å². The van der Waals surface area contributed by atoms with Crippen LogP contribution in [-0.2, 0) is 21.2 Å². The van der Waals surface area contributed by atoms with E-state index in [1.165, 1.54) is 17.0 Å². The maximum atomic E-state index is 11.5. The molecule has 0 spiro atoms. The van der Waals surface area contributed by atoms with Crippen LogP contribution in [0.25, 0.3) is 0 Å². The van der Waals surface area contributed by atoms with Crippen molar-refractivity contribution in [2.75, 3.05) is 19.1 Å². The van der Waals surface area contributed by atoms with Crippen LogP contribution < -0.4 is 0 Å². The first-order chi connectivity index (χ1) is 7.78. The van der Waals surface area contributed by atoms with Gasteiger partial charge in [-0.05, 0) is 17.7 Å². The normalized spacial score (nSPS) is 11.2. The fraction of sp³-hybridized carbons (Fsp3) is 0.364. The van der Waals surface area contributed by atoms with Crippen molar-refractivity contribution < 1.29 is 18.3 Å². The molecule has 0 atom stereocenters. The highest BCUT2D eigenvalue weighted by molar-refractivity contribution is 7.91. The number of hydrogen-bond acceptors (Lipinski definition) is 4. The van der Waals surface area contributed by atoms with Gasteiger partial charge < -0.3 is 10.0 Å². The fourth-order valence-electron chi connectivity index (χ4n) is 1.30. The summed E-state index contributed by atoms with van der Waals surface area (Å²) in [5.41, 5.74) is 0.826. The number of aromatic hydroxyl groups is 1. The van der Waals surface area contributed by atoms with Gasteiger partial charge in [-0.15, -0.1) is 0 Å². The second-order valence-electron chi connectivity index (χ2n) is 3.99. The van der Waals surface area contributed by atoms with Gasteiger partial charge in [0.15, 0.2) is 9.84 Å². The maximum absolute atomic E-state index is 11.5. The zero-order valence-corrected chi connectivity index (χ0v) is 10.6. The van der Waals surface area contributed by atoms with Gasteiger partial charge in [0.2, 0.25) is 5.91 Å². The third kappa shape index (κ3) is 4.86. The Morgan fingerprint density at radius 3 is 2.29 bits per heavy atom. The first-order valence-corrected chi connectivity index (χ1v) is 7.03. The van der Waals surface area contributed by atoms with Gasteiger partial charge in [-0.25, -0.2) is 8.42 Å². The molecule has 0 aliphatic carbocycles. The van der Waals surface area contributed by atoms with Crippen LogP contribution in [0, 0.1) is 0 Å². The molecule has 5 nitrogen and oxygen atoms in total. The SMILES string of the molecule is CN(Cc1ccc(O)cc1)C(=O)CS(C)(=O)=O. The first-order valence-electron chi connectivity index (χ1n) is 4.97. The van der Waals surface area contributed by atoms with Gasteiger partial charge in [0.25, 0.3) is 0 Å². The molecule has 1 amide bonds. The smallest absolute Gasteiger partial charge is 0.237 e. The molecular weight excluding hydrogens is 242 g/mol. The molecule has 0 heterocycles. The molecule has 0 saturated carbocycles. The fourth-order valence-corrected chi connectivity index (χ4v) is 1.97. The van der Waals surface area contributed by atoms with E-state index in [1.54, 1.807) is 19.2 Å². The molecule has 0 aromatic heterocycles. The summed E-state index contributed by atoms with van der Waals surface area (Å²) in [5, 5.41) is 9.09. The number of phenols is 1. The van der Waals surface area contributed by atoms with E-state index in [4.69, 9.17) is 5.11 Å². The number of phenolic OH excluding ortho intramolecular Hbond substituents is 1. The summed E-state index contributed by atoms with van der Waals surface area (Å²) in [5.74, 6) is -0.777. The van der Waals surface area contributed by atoms with Crippen molar-refractivity contribution >= 4 is 15.7 Å². The van der Waals surface area contributed by atoms with E-state index in [1.807, 2.05) is 0 Å². The average Bonchev–Trinajstić information content (AvgIpc) is 2.19. The van der Waals surface area contributed by atoms with Crippen LogP contribution in [0.1, 0.15) is 5.56 Å². The molecule has 94 valence electrons. The molecule has 1 N–H and O–H groups in total. The average molecular weight is 257 g/mol. The molecule has 1 aromatic rings. The molecule has 1 rings (SSSR count). The van der Waals surface area contributed by atoms with Crippen molar-refractivity contribution in [2.45, 2.75) is 6.54 Å². The minimum atomic E-state index is -3.30. The van der Waals surface area contributed by atoms with Crippen molar-refractivity contribution in [3.8, 4) is 5.75 Å². The van der Waals surface area contributed by atoms with Crippen molar-refractivity contribution in [1.82, 2.24) is 4.90 Å². The van der Waals surface area contributed by atoms with Crippen LogP contribution in [0.5, 0.6) is 5.75 Å². The highest BCUT2D eigenvalue weighted by Crippen LogP contribution is 2.11. The van der Waals surface area contributed by atoms with Crippen LogP contribution in [0.2, 0.25) is 0 Å². The second-order valence-corrected chi connectivity index (χ2v) is 6.13. The van der Waals surface area contributed by atoms with E-state index in [0.717, 1.165) is 11.8 Å². The molecule has 6 heteroatoms. The molecule has 0 aliphatic rings. The number of hydrogen-bond donors (Lipinski definition) is 1. The molecule has 1 aromatic carbocycles. The minimum absolute atomic E-state index is 0.152. The third-order valence-electron chi connectivity index (χ3n) is 2.17. The van der Waals surface area contributed by atoms with E-state index in [-0.39, 0.29) is 5.75 Å². The minimum Gasteiger partial charge on any atom is -0.508 e. The quantitative estimate of drug-likeness (QED) is 0.847. The van der Waals surface area contributed by atoms with E-state index < -0.39 is 21.5 Å². The molecular formula is C11H15NO4S. The molecule has 0 bridgehead atoms. The standard InChI is InChI=1S/C11H15NO4S/c1-12(11(14)8-17(2,15)16)7-9-3-5-10(13)6-4-9/h3-6,13H,7-8H2,1-2H3. The van der Waals surface area contributed by atoms with Gasteiger partial charge in [0.1, 0.15) is 11.5 Å². The molecule has 0 fully saturated rings. The second kappa shape index (κ2) is 5.18. The number of carbonyl (C=O) groups is 1. The Balaban J connectivity index is 2.63. The maximum Gasteiger partial charge on any atom is 0.237 e. The zero-order valence-electron chi connectivity index (χ0n) is 9.75. The zero-order chi connectivity index (χ0) is 13.1. The lowest BCUT2D eigenvalue weighted by Crippen LogP contribution is -2.31. The lowest BCUT2D eigenvalue weighted by molar-refractivity contribution is -0.127. The first kappa shape index (κ1) is 13.5. The summed E-state index contributed by atoms with van der Waals surface area (Å²) in [7, 11) is -1.76. The van der Waals surface area contributed by atoms with Gasteiger partial charge in [0, 0.05) is 19.8 Å². The summed E-state index contributed by atoms with van der Waals surface area (Å²) in [6.07, 6.45) is 1.03. The molecule has 0 unspecified atom stereocenters. The number of nitrogens with zero attached hydrogens (tertiary/aromatic N) is 1. The monoisotopic (exact) mass is 257 g/mol. The van der Waals surface area contributed by atoms with Crippen LogP contribution in [-0.4, -0.2) is 43.4 Å². The third-order valence-corrected chi connectivity index (χ3v) is 2.94. The van der Waals surface area contributed by atoms with E-state index >= 15 is 0 Å². The molecule has 17 heavy (non-hydrogen) atoms. The Morgan fingerprint density at radius 2 is 1.82 bits per heavy atom.